The summed E-state index contributed by atoms with van der Waals surface area (Å²) in [7, 11) is 0.779. The van der Waals surface area contributed by atoms with Gasteiger partial charge in [0.25, 0.3) is 0 Å². The van der Waals surface area contributed by atoms with Crippen molar-refractivity contribution in [1.82, 2.24) is 19.9 Å². The zero-order chi connectivity index (χ0) is 36.3. The first-order valence-electron chi connectivity index (χ1n) is 18.4. The molecule has 2 aromatic heterocycles. The second-order valence-electron chi connectivity index (χ2n) is 15.3. The SMILES string of the molecule is COc1nc(-c2c(C)c(Cl)cc(N)c2C=N)c(F)c2nc(OCC34CCCC3N(C3CC5CS(=O)CC5C3)CCC4)nc(N3CCOCC(O)C3)c12. The number of piperidine rings is 1. The van der Waals surface area contributed by atoms with Gasteiger partial charge < -0.3 is 35.4 Å². The summed E-state index contributed by atoms with van der Waals surface area (Å²) in [5, 5.41) is 19.4. The number of benzene rings is 1. The molecule has 4 N–H and O–H groups in total. The minimum Gasteiger partial charge on any atom is -0.480 e. The van der Waals surface area contributed by atoms with E-state index in [4.69, 9.17) is 46.9 Å². The van der Waals surface area contributed by atoms with Crippen molar-refractivity contribution in [3.05, 3.63) is 28.0 Å². The summed E-state index contributed by atoms with van der Waals surface area (Å²) >= 11 is 6.52. The molecule has 0 radical (unpaired) electrons. The molecule has 2 saturated carbocycles. The first-order chi connectivity index (χ1) is 25.1. The number of methoxy groups -OCH3 is 1. The van der Waals surface area contributed by atoms with Crippen LogP contribution >= 0.6 is 11.6 Å². The number of aliphatic hydroxyl groups is 1. The molecule has 5 fully saturated rings. The van der Waals surface area contributed by atoms with E-state index in [2.05, 4.69) is 9.88 Å². The van der Waals surface area contributed by atoms with Gasteiger partial charge in [-0.2, -0.15) is 9.97 Å². The van der Waals surface area contributed by atoms with Crippen molar-refractivity contribution in [2.24, 2.45) is 17.3 Å². The molecule has 280 valence electrons. The number of rotatable bonds is 8. The second kappa shape index (κ2) is 14.2. The van der Waals surface area contributed by atoms with Crippen molar-refractivity contribution >= 4 is 51.0 Å². The van der Waals surface area contributed by atoms with Crippen molar-refractivity contribution in [3.63, 3.8) is 0 Å². The highest BCUT2D eigenvalue weighted by Crippen LogP contribution is 2.52. The van der Waals surface area contributed by atoms with Crippen molar-refractivity contribution in [2.45, 2.75) is 70.1 Å². The molecule has 0 bridgehead atoms. The molecule has 5 heterocycles. The predicted octanol–water partition coefficient (Wildman–Crippen LogP) is 4.75. The van der Waals surface area contributed by atoms with Gasteiger partial charge in [0.1, 0.15) is 22.4 Å². The number of fused-ring (bicyclic) bond motifs is 3. The van der Waals surface area contributed by atoms with Crippen molar-refractivity contribution in [3.8, 4) is 23.1 Å². The number of ether oxygens (including phenoxy) is 3. The molecule has 15 heteroatoms. The summed E-state index contributed by atoms with van der Waals surface area (Å²) < 4.78 is 47.4. The minimum absolute atomic E-state index is 0.0323. The smallest absolute Gasteiger partial charge is 0.319 e. The number of anilines is 2. The molecule has 5 aliphatic rings. The Morgan fingerprint density at radius 2 is 1.98 bits per heavy atom. The van der Waals surface area contributed by atoms with Crippen LogP contribution < -0.4 is 20.1 Å². The van der Waals surface area contributed by atoms with Crippen LogP contribution in [0.5, 0.6) is 11.9 Å². The predicted molar refractivity (Wildman–Crippen MR) is 200 cm³/mol. The maximum Gasteiger partial charge on any atom is 0.319 e. The standard InChI is InChI=1S/C37H47ClFN7O5S/c1-20-26(38)13-27(41)25(14-40)29(20)32-31(39)33-30(35(42-32)49-2)34(45-9-10-50-16-24(47)15-45)44-36(43-33)51-19-37-6-3-5-28(37)46(8-4-7-37)23-11-21-17-52(48)18-22(21)12-23/h13-14,21-24,28,40,47H,3-12,15-19,41H2,1-2H3. The highest BCUT2D eigenvalue weighted by Gasteiger charge is 2.52. The third-order valence-electron chi connectivity index (χ3n) is 12.4. The summed E-state index contributed by atoms with van der Waals surface area (Å²) in [5.74, 6) is 2.49. The van der Waals surface area contributed by atoms with Gasteiger partial charge in [-0.25, -0.2) is 9.37 Å². The zero-order valence-corrected chi connectivity index (χ0v) is 31.3. The van der Waals surface area contributed by atoms with Crippen molar-refractivity contribution in [2.75, 3.05) is 68.7 Å². The number of nitrogen functional groups attached to an aromatic ring is 1. The molecule has 3 aliphatic heterocycles. The molecule has 12 nitrogen and oxygen atoms in total. The van der Waals surface area contributed by atoms with Gasteiger partial charge in [-0.3, -0.25) is 9.11 Å². The molecule has 8 rings (SSSR count). The molecule has 2 aliphatic carbocycles. The number of hydrogen-bond donors (Lipinski definition) is 3. The molecular weight excluding hydrogens is 709 g/mol. The van der Waals surface area contributed by atoms with Crippen LogP contribution in [0.15, 0.2) is 6.07 Å². The lowest BCUT2D eigenvalue weighted by molar-refractivity contribution is -0.0223. The number of halogens is 2. The van der Waals surface area contributed by atoms with Gasteiger partial charge in [-0.15, -0.1) is 0 Å². The van der Waals surface area contributed by atoms with E-state index in [0.717, 1.165) is 69.2 Å². The van der Waals surface area contributed by atoms with E-state index in [0.29, 0.717) is 60.1 Å². The van der Waals surface area contributed by atoms with E-state index in [1.807, 2.05) is 4.90 Å². The molecule has 3 aromatic rings. The molecule has 0 amide bonds. The molecule has 5 unspecified atom stereocenters. The average Bonchev–Trinajstić information content (AvgIpc) is 3.78. The lowest BCUT2D eigenvalue weighted by Crippen LogP contribution is -2.55. The molecular formula is C37H47ClFN7O5S. The monoisotopic (exact) mass is 755 g/mol. The van der Waals surface area contributed by atoms with Crippen LogP contribution in [0.4, 0.5) is 15.9 Å². The molecule has 1 aromatic carbocycles. The lowest BCUT2D eigenvalue weighted by atomic mass is 9.75. The van der Waals surface area contributed by atoms with Gasteiger partial charge >= 0.3 is 6.01 Å². The third-order valence-corrected chi connectivity index (χ3v) is 14.3. The third kappa shape index (κ3) is 6.21. The molecule has 5 atom stereocenters. The Labute approximate surface area is 310 Å². The number of nitrogens with one attached hydrogen (secondary N) is 1. The van der Waals surface area contributed by atoms with Gasteiger partial charge in [0.15, 0.2) is 5.82 Å². The number of aromatic nitrogens is 3. The molecule has 0 spiro atoms. The maximum absolute atomic E-state index is 17.1. The molecule has 3 saturated heterocycles. The number of pyridine rings is 1. The van der Waals surface area contributed by atoms with Gasteiger partial charge in [0.2, 0.25) is 5.88 Å². The van der Waals surface area contributed by atoms with E-state index in [-0.39, 0.29) is 63.9 Å². The summed E-state index contributed by atoms with van der Waals surface area (Å²) in [4.78, 5) is 18.8. The number of nitrogens with zero attached hydrogens (tertiary/aromatic N) is 5. The maximum atomic E-state index is 17.1. The summed E-state index contributed by atoms with van der Waals surface area (Å²) in [6.07, 6.45) is 7.88. The Morgan fingerprint density at radius 3 is 2.73 bits per heavy atom. The Balaban J connectivity index is 1.19. The fraction of sp³-hybridized carbons (Fsp3) is 0.622. The van der Waals surface area contributed by atoms with Crippen LogP contribution in [0.1, 0.15) is 56.1 Å². The van der Waals surface area contributed by atoms with Crippen LogP contribution in [-0.2, 0) is 15.5 Å². The van der Waals surface area contributed by atoms with Crippen LogP contribution in [0.3, 0.4) is 0 Å². The fourth-order valence-electron chi connectivity index (χ4n) is 9.93. The van der Waals surface area contributed by atoms with Gasteiger partial charge in [-0.05, 0) is 75.5 Å². The minimum atomic E-state index is -0.798. The topological polar surface area (TPSA) is 160 Å². The average molecular weight is 756 g/mol. The van der Waals surface area contributed by atoms with Crippen LogP contribution in [0.25, 0.3) is 22.2 Å². The second-order valence-corrected chi connectivity index (χ2v) is 17.3. The number of hydrogen-bond acceptors (Lipinski definition) is 12. The van der Waals surface area contributed by atoms with E-state index in [1.165, 1.54) is 7.11 Å². The van der Waals surface area contributed by atoms with Crippen LogP contribution in [-0.4, -0.2) is 112 Å². The van der Waals surface area contributed by atoms with Crippen molar-refractivity contribution in [1.29, 1.82) is 5.41 Å². The largest absolute Gasteiger partial charge is 0.480 e. The number of nitrogens with two attached hydrogens (primary N) is 1. The van der Waals surface area contributed by atoms with Crippen LogP contribution in [0.2, 0.25) is 5.02 Å². The number of aliphatic hydroxyl groups excluding tert-OH is 1. The van der Waals surface area contributed by atoms with Crippen molar-refractivity contribution < 1.29 is 27.9 Å². The van der Waals surface area contributed by atoms with Gasteiger partial charge in [-0.1, -0.05) is 18.0 Å². The van der Waals surface area contributed by atoms with Gasteiger partial charge in [0.05, 0.1) is 33.0 Å². The highest BCUT2D eigenvalue weighted by molar-refractivity contribution is 7.85. The van der Waals surface area contributed by atoms with E-state index in [1.54, 1.807) is 13.0 Å². The Kier molecular flexibility index (Phi) is 9.81. The first-order valence-corrected chi connectivity index (χ1v) is 20.3. The first kappa shape index (κ1) is 35.8. The Bertz CT molecular complexity index is 1910. The zero-order valence-electron chi connectivity index (χ0n) is 29.7. The highest BCUT2D eigenvalue weighted by atomic mass is 35.5. The summed E-state index contributed by atoms with van der Waals surface area (Å²) in [6, 6.07) is 2.46. The normalized spacial score (nSPS) is 30.7. The van der Waals surface area contributed by atoms with E-state index >= 15 is 4.39 Å². The lowest BCUT2D eigenvalue weighted by Gasteiger charge is -2.48. The Hall–Kier alpha value is -3.17. The molecule has 52 heavy (non-hydrogen) atoms. The quantitative estimate of drug-likeness (QED) is 0.215. The number of β-amino-alcohol motifs (C(OH)–C–C–N with tert-alkyl or cyclic N) is 1. The summed E-state index contributed by atoms with van der Waals surface area (Å²) in [6.45, 7) is 4.27. The fourth-order valence-corrected chi connectivity index (χ4v) is 12.1. The van der Waals surface area contributed by atoms with E-state index in [9.17, 15) is 9.32 Å². The van der Waals surface area contributed by atoms with Crippen LogP contribution in [0, 0.1) is 35.4 Å². The summed E-state index contributed by atoms with van der Waals surface area (Å²) in [5.41, 5.74) is 7.28. The number of likely N-dealkylation sites (tertiary alicyclic amines) is 1. The van der Waals surface area contributed by atoms with E-state index < -0.39 is 22.7 Å². The Morgan fingerprint density at radius 1 is 1.21 bits per heavy atom. The van der Waals surface area contributed by atoms with Gasteiger partial charge in [0, 0.05) is 80.9 Å².